The Hall–Kier alpha value is -4.78. The zero-order chi connectivity index (χ0) is 31.6. The number of para-hydroxylation sites is 4. The van der Waals surface area contributed by atoms with E-state index in [2.05, 4.69) is 0 Å². The molecule has 5 aromatic carbocycles. The maximum Gasteiger partial charge on any atom is 0.458 e. The second kappa shape index (κ2) is 10.6. The molecule has 0 saturated heterocycles. The van der Waals surface area contributed by atoms with Crippen molar-refractivity contribution in [3.8, 4) is 45.3 Å². The Labute approximate surface area is 272 Å². The second-order valence-corrected chi connectivity index (χ2v) is 18.1. The van der Waals surface area contributed by atoms with E-state index in [0.29, 0.717) is 28.8 Å². The highest BCUT2D eigenvalue weighted by Gasteiger charge is 2.52. The molecule has 0 N–H and O–H groups in total. The van der Waals surface area contributed by atoms with Gasteiger partial charge in [-0.1, -0.05) is 108 Å². The molecule has 9 rings (SSSR count). The van der Waals surface area contributed by atoms with Gasteiger partial charge in [-0.3, -0.25) is 0 Å². The summed E-state index contributed by atoms with van der Waals surface area (Å²) in [5.41, 5.74) is 9.26. The summed E-state index contributed by atoms with van der Waals surface area (Å²) in [6.45, 7) is 0. The highest BCUT2D eigenvalue weighted by Crippen LogP contribution is 2.81. The normalized spacial score (nSPS) is 21.1. The average Bonchev–Trinajstić information content (AvgIpc) is 3.30. The molecule has 11 nitrogen and oxygen atoms in total. The van der Waals surface area contributed by atoms with Gasteiger partial charge in [-0.2, -0.15) is 5.43 Å². The molecular weight excluding hydrogens is 651 g/mol. The first-order valence-corrected chi connectivity index (χ1v) is 19.5. The highest BCUT2D eigenvalue weighted by molar-refractivity contribution is 7.80. The van der Waals surface area contributed by atoms with Crippen molar-refractivity contribution in [1.82, 2.24) is 15.0 Å². The van der Waals surface area contributed by atoms with E-state index in [4.69, 9.17) is 42.2 Å². The van der Waals surface area contributed by atoms with Gasteiger partial charge in [-0.05, 0) is 24.3 Å². The van der Waals surface area contributed by atoms with Crippen LogP contribution in [-0.2, 0) is 0 Å². The minimum Gasteiger partial charge on any atom is -0.413 e. The SMILES string of the molecule is CN1[N]C(c2ccccc2)=NN(C)P12=NP1(=NP3(=N2)Oc2ccccc2-c2ccccc2O3)Oc2ccccc2-c2ccccc2O1. The van der Waals surface area contributed by atoms with E-state index in [1.165, 1.54) is 0 Å². The van der Waals surface area contributed by atoms with Gasteiger partial charge in [0.15, 0.2) is 5.84 Å². The summed E-state index contributed by atoms with van der Waals surface area (Å²) in [6, 6.07) is 40.9. The van der Waals surface area contributed by atoms with Crippen molar-refractivity contribution >= 4 is 28.7 Å². The fraction of sp³-hybridized carbons (Fsp3) is 0.0606. The molecule has 0 fully saturated rings. The smallest absolute Gasteiger partial charge is 0.413 e. The van der Waals surface area contributed by atoms with Crippen molar-refractivity contribution < 1.29 is 18.1 Å². The van der Waals surface area contributed by atoms with Gasteiger partial charge in [-0.15, -0.1) is 18.9 Å². The van der Waals surface area contributed by atoms with Crippen LogP contribution in [0.25, 0.3) is 22.3 Å². The van der Waals surface area contributed by atoms with Gasteiger partial charge in [-0.25, -0.2) is 4.78 Å². The molecule has 47 heavy (non-hydrogen) atoms. The van der Waals surface area contributed by atoms with Crippen molar-refractivity contribution in [2.75, 3.05) is 14.1 Å². The predicted octanol–water partition coefficient (Wildman–Crippen LogP) is 9.87. The highest BCUT2D eigenvalue weighted by atomic mass is 31.3. The van der Waals surface area contributed by atoms with Crippen LogP contribution < -0.4 is 23.5 Å². The van der Waals surface area contributed by atoms with Crippen LogP contribution in [0.4, 0.5) is 0 Å². The maximum absolute atomic E-state index is 6.90. The summed E-state index contributed by atoms with van der Waals surface area (Å²) in [4.78, 5) is 0. The van der Waals surface area contributed by atoms with Crippen molar-refractivity contribution in [2.24, 2.45) is 18.6 Å². The summed E-state index contributed by atoms with van der Waals surface area (Å²) >= 11 is 0. The molecule has 0 bridgehead atoms. The topological polar surface area (TPSA) is 107 Å². The van der Waals surface area contributed by atoms with Crippen molar-refractivity contribution in [1.29, 1.82) is 0 Å². The number of hydrazone groups is 1. The van der Waals surface area contributed by atoms with E-state index in [9.17, 15) is 0 Å². The van der Waals surface area contributed by atoms with Crippen LogP contribution in [0, 0.1) is 0 Å². The van der Waals surface area contributed by atoms with E-state index in [1.54, 1.807) is 9.56 Å². The van der Waals surface area contributed by atoms with Crippen LogP contribution in [0.2, 0.25) is 0 Å². The molecule has 0 saturated carbocycles. The van der Waals surface area contributed by atoms with Crippen LogP contribution in [0.15, 0.2) is 146 Å². The van der Waals surface area contributed by atoms with E-state index in [0.717, 1.165) is 27.8 Å². The van der Waals surface area contributed by atoms with Crippen LogP contribution in [0.1, 0.15) is 5.56 Å². The molecule has 0 aromatic heterocycles. The molecule has 4 heterocycles. The molecule has 1 unspecified atom stereocenters. The number of fused-ring (bicyclic) bond motifs is 6. The Balaban J connectivity index is 1.35. The maximum atomic E-state index is 6.90. The van der Waals surface area contributed by atoms with E-state index in [1.807, 2.05) is 141 Å². The monoisotopic (exact) mass is 678 g/mol. The molecule has 14 heteroatoms. The Kier molecular flexibility index (Phi) is 6.43. The van der Waals surface area contributed by atoms with E-state index >= 15 is 0 Å². The van der Waals surface area contributed by atoms with Crippen LogP contribution in [0.5, 0.6) is 23.0 Å². The van der Waals surface area contributed by atoms with E-state index in [-0.39, 0.29) is 0 Å². The zero-order valence-corrected chi connectivity index (χ0v) is 27.9. The fourth-order valence-corrected chi connectivity index (χ4v) is 16.3. The molecular formula is C33H27N7O4P3. The van der Waals surface area contributed by atoms with Gasteiger partial charge in [0.05, 0.1) is 0 Å². The van der Waals surface area contributed by atoms with Gasteiger partial charge in [0, 0.05) is 41.9 Å². The molecule has 5 aromatic rings. The minimum absolute atomic E-state index is 0.519. The number of benzene rings is 5. The van der Waals surface area contributed by atoms with Crippen molar-refractivity contribution in [3.05, 3.63) is 133 Å². The molecule has 1 atom stereocenters. The van der Waals surface area contributed by atoms with Crippen LogP contribution in [-0.4, -0.2) is 29.5 Å². The number of hydrogen-bond donors (Lipinski definition) is 0. The molecule has 4 aliphatic heterocycles. The van der Waals surface area contributed by atoms with E-state index < -0.39 is 22.8 Å². The lowest BCUT2D eigenvalue weighted by molar-refractivity contribution is 0.392. The number of rotatable bonds is 1. The summed E-state index contributed by atoms with van der Waals surface area (Å²) in [6.07, 6.45) is 0. The van der Waals surface area contributed by atoms with Crippen LogP contribution >= 0.6 is 22.8 Å². The molecule has 233 valence electrons. The quantitative estimate of drug-likeness (QED) is 0.163. The number of amidine groups is 1. The molecule has 1 radical (unpaired) electrons. The Morgan fingerprint density at radius 3 is 1.30 bits per heavy atom. The summed E-state index contributed by atoms with van der Waals surface area (Å²) in [5.74, 6) is 2.85. The van der Waals surface area contributed by atoms with Crippen molar-refractivity contribution in [2.45, 2.75) is 0 Å². The lowest BCUT2D eigenvalue weighted by Crippen LogP contribution is -2.40. The first-order valence-electron chi connectivity index (χ1n) is 14.9. The Morgan fingerprint density at radius 2 is 0.851 bits per heavy atom. The predicted molar refractivity (Wildman–Crippen MR) is 185 cm³/mol. The Morgan fingerprint density at radius 1 is 0.447 bits per heavy atom. The zero-order valence-electron chi connectivity index (χ0n) is 25.2. The fourth-order valence-electron chi connectivity index (χ4n) is 5.81. The summed E-state index contributed by atoms with van der Waals surface area (Å²) in [7, 11) is -6.99. The standard InChI is InChI=1S/C33H27N7O4P3/c1-39-34-33(24-14-4-3-5-15-24)35-40(2)45(39)36-46(41-29-20-10-6-16-25(29)26-17-7-11-21-30(26)42-46)38-47(37-45)43-31-22-12-8-18-27(31)28-19-9-13-23-32(28)44-47/h3-23H,1-2H3. The van der Waals surface area contributed by atoms with Crippen LogP contribution in [0.3, 0.4) is 0 Å². The van der Waals surface area contributed by atoms with Gasteiger partial charge < -0.3 is 18.1 Å². The third kappa shape index (κ3) is 4.61. The van der Waals surface area contributed by atoms with Gasteiger partial charge in [0.25, 0.3) is 7.51 Å². The number of hydrogen-bond acceptors (Lipinski definition) is 10. The Bertz CT molecular complexity index is 2090. The molecule has 4 aliphatic rings. The first-order chi connectivity index (χ1) is 22.9. The largest absolute Gasteiger partial charge is 0.458 e. The van der Waals surface area contributed by atoms with Gasteiger partial charge in [0.1, 0.15) is 23.0 Å². The summed E-state index contributed by atoms with van der Waals surface area (Å²) in [5, 5.41) is 4.94. The molecule has 0 amide bonds. The third-order valence-corrected chi connectivity index (χ3v) is 17.0. The average molecular weight is 679 g/mol. The number of nitrogens with zero attached hydrogens (tertiary/aromatic N) is 7. The minimum atomic E-state index is -3.68. The third-order valence-electron chi connectivity index (χ3n) is 7.98. The lowest BCUT2D eigenvalue weighted by Gasteiger charge is -2.41. The summed E-state index contributed by atoms with van der Waals surface area (Å²) < 4.78 is 47.1. The van der Waals surface area contributed by atoms with Gasteiger partial charge >= 0.3 is 15.3 Å². The van der Waals surface area contributed by atoms with Crippen molar-refractivity contribution in [3.63, 3.8) is 0 Å². The first kappa shape index (κ1) is 28.4. The second-order valence-electron chi connectivity index (χ2n) is 11.0. The molecule has 3 spiro atoms. The lowest BCUT2D eigenvalue weighted by atomic mass is 10.0. The molecule has 0 aliphatic carbocycles. The van der Waals surface area contributed by atoms with Gasteiger partial charge in [0.2, 0.25) is 0 Å².